The third-order valence-corrected chi connectivity index (χ3v) is 4.33. The third kappa shape index (κ3) is 3.64. The Bertz CT molecular complexity index is 1070. The van der Waals surface area contributed by atoms with Crippen LogP contribution >= 0.6 is 0 Å². The molecule has 4 aromatic heterocycles. The molecular formula is C21H17F2N5. The molecule has 0 radical (unpaired) electrons. The number of pyridine rings is 3. The number of aromatic nitrogens is 5. The highest BCUT2D eigenvalue weighted by atomic mass is 19.3. The summed E-state index contributed by atoms with van der Waals surface area (Å²) in [6.07, 6.45) is 8.89. The third-order valence-electron chi connectivity index (χ3n) is 4.33. The zero-order chi connectivity index (χ0) is 19.6. The summed E-state index contributed by atoms with van der Waals surface area (Å²) in [5, 5.41) is 4.27. The van der Waals surface area contributed by atoms with E-state index in [0.717, 1.165) is 29.3 Å². The summed E-state index contributed by atoms with van der Waals surface area (Å²) in [6, 6.07) is 12.5. The van der Waals surface area contributed by atoms with Gasteiger partial charge in [-0.25, -0.2) is 9.67 Å². The van der Waals surface area contributed by atoms with Crippen molar-refractivity contribution in [1.29, 1.82) is 0 Å². The van der Waals surface area contributed by atoms with Crippen LogP contribution in [0.3, 0.4) is 0 Å². The maximum absolute atomic E-state index is 13.4. The van der Waals surface area contributed by atoms with Crippen LogP contribution in [-0.2, 0) is 12.3 Å². The molecule has 28 heavy (non-hydrogen) atoms. The van der Waals surface area contributed by atoms with Crippen molar-refractivity contribution in [2.24, 2.45) is 0 Å². The Morgan fingerprint density at radius 3 is 2.36 bits per heavy atom. The second-order valence-electron chi connectivity index (χ2n) is 6.44. The average Bonchev–Trinajstić information content (AvgIpc) is 3.23. The minimum atomic E-state index is -2.96. The van der Waals surface area contributed by atoms with E-state index in [1.54, 1.807) is 29.3 Å². The molecular weight excluding hydrogens is 360 g/mol. The lowest BCUT2D eigenvalue weighted by molar-refractivity contribution is 0.0127. The summed E-state index contributed by atoms with van der Waals surface area (Å²) in [4.78, 5) is 12.9. The first kappa shape index (κ1) is 17.9. The van der Waals surface area contributed by atoms with Gasteiger partial charge in [-0.2, -0.15) is 13.9 Å². The second kappa shape index (κ2) is 7.26. The predicted octanol–water partition coefficient (Wildman–Crippen LogP) is 4.43. The van der Waals surface area contributed by atoms with E-state index >= 15 is 0 Å². The van der Waals surface area contributed by atoms with E-state index in [-0.39, 0.29) is 5.69 Å². The highest BCUT2D eigenvalue weighted by Crippen LogP contribution is 2.29. The Balaban J connectivity index is 1.71. The van der Waals surface area contributed by atoms with Gasteiger partial charge in [-0.3, -0.25) is 9.97 Å². The van der Waals surface area contributed by atoms with Crippen LogP contribution in [-0.4, -0.2) is 24.7 Å². The molecule has 4 heterocycles. The standard InChI is InChI=1S/C21H17F2N5/c1-21(22,23)19-8-7-15(14-26-19)13-18-16(5-2-9-24-18)17-6-3-10-25-20(17)28-12-4-11-27-28/h2-12,14H,13H2,1H3. The normalized spacial score (nSPS) is 11.5. The molecule has 7 heteroatoms. The van der Waals surface area contributed by atoms with Gasteiger partial charge in [0, 0.05) is 55.5 Å². The van der Waals surface area contributed by atoms with Crippen LogP contribution in [0.1, 0.15) is 23.9 Å². The Hall–Kier alpha value is -3.48. The first-order chi connectivity index (χ1) is 13.5. The van der Waals surface area contributed by atoms with Gasteiger partial charge in [0.05, 0.1) is 5.69 Å². The van der Waals surface area contributed by atoms with Crippen LogP contribution in [0, 0.1) is 0 Å². The van der Waals surface area contributed by atoms with Crippen molar-refractivity contribution in [1.82, 2.24) is 24.7 Å². The SMILES string of the molecule is CC(F)(F)c1ccc(Cc2ncccc2-c2cccnc2-n2cccn2)cn1. The second-order valence-corrected chi connectivity index (χ2v) is 6.44. The van der Waals surface area contributed by atoms with Crippen LogP contribution in [0.4, 0.5) is 8.78 Å². The Morgan fingerprint density at radius 2 is 1.68 bits per heavy atom. The van der Waals surface area contributed by atoms with E-state index in [0.29, 0.717) is 12.2 Å². The average molecular weight is 377 g/mol. The lowest BCUT2D eigenvalue weighted by atomic mass is 10.0. The summed E-state index contributed by atoms with van der Waals surface area (Å²) in [7, 11) is 0. The monoisotopic (exact) mass is 377 g/mol. The van der Waals surface area contributed by atoms with Gasteiger partial charge >= 0.3 is 0 Å². The molecule has 0 aliphatic heterocycles. The van der Waals surface area contributed by atoms with Crippen molar-refractivity contribution in [3.05, 3.63) is 90.4 Å². The van der Waals surface area contributed by atoms with E-state index < -0.39 is 5.92 Å². The molecule has 0 saturated heterocycles. The van der Waals surface area contributed by atoms with Gasteiger partial charge in [0.15, 0.2) is 5.82 Å². The van der Waals surface area contributed by atoms with Crippen LogP contribution in [0.25, 0.3) is 16.9 Å². The number of rotatable bonds is 5. The molecule has 0 unspecified atom stereocenters. The molecule has 0 N–H and O–H groups in total. The predicted molar refractivity (Wildman–Crippen MR) is 101 cm³/mol. The summed E-state index contributed by atoms with van der Waals surface area (Å²) in [5.41, 5.74) is 3.16. The van der Waals surface area contributed by atoms with Gasteiger partial charge in [0.25, 0.3) is 5.92 Å². The fourth-order valence-electron chi connectivity index (χ4n) is 2.99. The molecule has 0 bridgehead atoms. The highest BCUT2D eigenvalue weighted by molar-refractivity contribution is 5.72. The van der Waals surface area contributed by atoms with Crippen LogP contribution in [0.2, 0.25) is 0 Å². The minimum absolute atomic E-state index is 0.245. The topological polar surface area (TPSA) is 56.5 Å². The van der Waals surface area contributed by atoms with Gasteiger partial charge in [-0.05, 0) is 35.9 Å². The molecule has 140 valence electrons. The molecule has 0 aliphatic rings. The van der Waals surface area contributed by atoms with E-state index in [1.165, 1.54) is 12.3 Å². The number of nitrogens with zero attached hydrogens (tertiary/aromatic N) is 5. The molecule has 0 aliphatic carbocycles. The Labute approximate surface area is 160 Å². The first-order valence-electron chi connectivity index (χ1n) is 8.75. The summed E-state index contributed by atoms with van der Waals surface area (Å²) < 4.78 is 28.5. The van der Waals surface area contributed by atoms with E-state index in [9.17, 15) is 8.78 Å². The fourth-order valence-corrected chi connectivity index (χ4v) is 2.99. The van der Waals surface area contributed by atoms with E-state index in [1.807, 2.05) is 36.5 Å². The first-order valence-corrected chi connectivity index (χ1v) is 8.75. The van der Waals surface area contributed by atoms with Gasteiger partial charge in [0.2, 0.25) is 0 Å². The molecule has 0 spiro atoms. The quantitative estimate of drug-likeness (QED) is 0.516. The molecule has 4 rings (SSSR count). The highest BCUT2D eigenvalue weighted by Gasteiger charge is 2.25. The number of halogens is 2. The lowest BCUT2D eigenvalue weighted by Gasteiger charge is -2.13. The van der Waals surface area contributed by atoms with Gasteiger partial charge in [-0.1, -0.05) is 12.1 Å². The minimum Gasteiger partial charge on any atom is -0.260 e. The molecule has 5 nitrogen and oxygen atoms in total. The maximum Gasteiger partial charge on any atom is 0.286 e. The van der Waals surface area contributed by atoms with E-state index in [2.05, 4.69) is 20.1 Å². The molecule has 0 saturated carbocycles. The van der Waals surface area contributed by atoms with Crippen molar-refractivity contribution in [2.75, 3.05) is 0 Å². The van der Waals surface area contributed by atoms with Crippen molar-refractivity contribution >= 4 is 0 Å². The van der Waals surface area contributed by atoms with Crippen LogP contribution in [0.15, 0.2) is 73.4 Å². The smallest absolute Gasteiger partial charge is 0.260 e. The molecule has 4 aromatic rings. The summed E-state index contributed by atoms with van der Waals surface area (Å²) in [5.74, 6) is -2.26. The van der Waals surface area contributed by atoms with E-state index in [4.69, 9.17) is 0 Å². The van der Waals surface area contributed by atoms with Crippen molar-refractivity contribution in [3.8, 4) is 16.9 Å². The molecule has 0 fully saturated rings. The van der Waals surface area contributed by atoms with Crippen LogP contribution < -0.4 is 0 Å². The van der Waals surface area contributed by atoms with Crippen molar-refractivity contribution in [3.63, 3.8) is 0 Å². The van der Waals surface area contributed by atoms with Gasteiger partial charge in [0.1, 0.15) is 5.69 Å². The molecule has 0 amide bonds. The zero-order valence-electron chi connectivity index (χ0n) is 15.1. The number of hydrogen-bond acceptors (Lipinski definition) is 4. The maximum atomic E-state index is 13.4. The molecule has 0 aromatic carbocycles. The van der Waals surface area contributed by atoms with Gasteiger partial charge < -0.3 is 0 Å². The summed E-state index contributed by atoms with van der Waals surface area (Å²) in [6.45, 7) is 0.838. The Kier molecular flexibility index (Phi) is 4.65. The number of alkyl halides is 2. The lowest BCUT2D eigenvalue weighted by Crippen LogP contribution is -2.09. The van der Waals surface area contributed by atoms with Gasteiger partial charge in [-0.15, -0.1) is 0 Å². The largest absolute Gasteiger partial charge is 0.286 e. The van der Waals surface area contributed by atoms with Crippen LogP contribution in [0.5, 0.6) is 0 Å². The fraction of sp³-hybridized carbons (Fsp3) is 0.143. The number of hydrogen-bond donors (Lipinski definition) is 0. The zero-order valence-corrected chi connectivity index (χ0v) is 15.1. The molecule has 0 atom stereocenters. The Morgan fingerprint density at radius 1 is 0.893 bits per heavy atom. The van der Waals surface area contributed by atoms with Crippen molar-refractivity contribution in [2.45, 2.75) is 19.3 Å². The van der Waals surface area contributed by atoms with Crippen molar-refractivity contribution < 1.29 is 8.78 Å². The summed E-state index contributed by atoms with van der Waals surface area (Å²) >= 11 is 0.